The molecule has 0 bridgehead atoms. The van der Waals surface area contributed by atoms with Crippen LogP contribution in [0.3, 0.4) is 0 Å². The van der Waals surface area contributed by atoms with Gasteiger partial charge in [0.25, 0.3) is 0 Å². The largest absolute Gasteiger partial charge is 0.479 e. The minimum atomic E-state index is -0.942. The molecule has 0 aliphatic rings. The SMILES string of the molecule is CCC(Oc1ccc([C@H](C)N)cc1C)C(=O)O. The highest BCUT2D eigenvalue weighted by Crippen LogP contribution is 2.23. The minimum absolute atomic E-state index is 0.0378. The third kappa shape index (κ3) is 3.46. The Labute approximate surface area is 101 Å². The lowest BCUT2D eigenvalue weighted by Gasteiger charge is -2.16. The molecule has 0 radical (unpaired) electrons. The van der Waals surface area contributed by atoms with Crippen LogP contribution in [0, 0.1) is 6.92 Å². The van der Waals surface area contributed by atoms with Crippen molar-refractivity contribution in [2.24, 2.45) is 5.73 Å². The fraction of sp³-hybridized carbons (Fsp3) is 0.462. The zero-order valence-electron chi connectivity index (χ0n) is 10.4. The number of carboxylic acids is 1. The van der Waals surface area contributed by atoms with Crippen LogP contribution in [0.15, 0.2) is 18.2 Å². The Balaban J connectivity index is 2.89. The fourth-order valence-electron chi connectivity index (χ4n) is 1.55. The number of carboxylic acid groups (broad SMARTS) is 1. The van der Waals surface area contributed by atoms with Gasteiger partial charge in [-0.25, -0.2) is 4.79 Å². The van der Waals surface area contributed by atoms with Gasteiger partial charge in [0.2, 0.25) is 0 Å². The van der Waals surface area contributed by atoms with E-state index in [4.69, 9.17) is 15.6 Å². The van der Waals surface area contributed by atoms with Gasteiger partial charge in [0.1, 0.15) is 5.75 Å². The molecule has 1 unspecified atom stereocenters. The highest BCUT2D eigenvalue weighted by Gasteiger charge is 2.17. The molecule has 1 rings (SSSR count). The molecule has 17 heavy (non-hydrogen) atoms. The number of hydrogen-bond acceptors (Lipinski definition) is 3. The van der Waals surface area contributed by atoms with E-state index in [2.05, 4.69) is 0 Å². The molecule has 1 aromatic carbocycles. The summed E-state index contributed by atoms with van der Waals surface area (Å²) in [5.41, 5.74) is 7.69. The van der Waals surface area contributed by atoms with Gasteiger partial charge in [-0.05, 0) is 37.5 Å². The van der Waals surface area contributed by atoms with Crippen LogP contribution in [0.25, 0.3) is 0 Å². The normalized spacial score (nSPS) is 14.1. The van der Waals surface area contributed by atoms with Gasteiger partial charge in [0.05, 0.1) is 0 Å². The number of aliphatic carboxylic acids is 1. The zero-order valence-corrected chi connectivity index (χ0v) is 10.4. The quantitative estimate of drug-likeness (QED) is 0.823. The molecule has 2 atom stereocenters. The van der Waals surface area contributed by atoms with Gasteiger partial charge >= 0.3 is 5.97 Å². The number of hydrogen-bond donors (Lipinski definition) is 2. The molecule has 94 valence electrons. The van der Waals surface area contributed by atoms with Crippen LogP contribution in [-0.2, 0) is 4.79 Å². The first-order chi connectivity index (χ1) is 7.95. The average molecular weight is 237 g/mol. The summed E-state index contributed by atoms with van der Waals surface area (Å²) in [6.45, 7) is 5.57. The lowest BCUT2D eigenvalue weighted by Crippen LogP contribution is -2.26. The van der Waals surface area contributed by atoms with Crippen LogP contribution in [0.2, 0.25) is 0 Å². The van der Waals surface area contributed by atoms with Crippen LogP contribution >= 0.6 is 0 Å². The topological polar surface area (TPSA) is 72.5 Å². The van der Waals surface area contributed by atoms with Crippen molar-refractivity contribution in [3.8, 4) is 5.75 Å². The van der Waals surface area contributed by atoms with Crippen molar-refractivity contribution in [1.82, 2.24) is 0 Å². The van der Waals surface area contributed by atoms with E-state index in [0.29, 0.717) is 12.2 Å². The lowest BCUT2D eigenvalue weighted by atomic mass is 10.1. The molecular weight excluding hydrogens is 218 g/mol. The predicted octanol–water partition coefficient (Wildman–Crippen LogP) is 2.26. The summed E-state index contributed by atoms with van der Waals surface area (Å²) in [6, 6.07) is 5.53. The van der Waals surface area contributed by atoms with Gasteiger partial charge in [-0.3, -0.25) is 0 Å². The minimum Gasteiger partial charge on any atom is -0.479 e. The van der Waals surface area contributed by atoms with Crippen molar-refractivity contribution in [1.29, 1.82) is 0 Å². The van der Waals surface area contributed by atoms with E-state index in [1.807, 2.05) is 26.0 Å². The number of rotatable bonds is 5. The lowest BCUT2D eigenvalue weighted by molar-refractivity contribution is -0.145. The molecule has 4 nitrogen and oxygen atoms in total. The van der Waals surface area contributed by atoms with Gasteiger partial charge < -0.3 is 15.6 Å². The van der Waals surface area contributed by atoms with Crippen molar-refractivity contribution in [2.45, 2.75) is 39.3 Å². The second-order valence-electron chi connectivity index (χ2n) is 4.17. The fourth-order valence-corrected chi connectivity index (χ4v) is 1.55. The Kier molecular flexibility index (Phi) is 4.52. The molecule has 0 aliphatic carbocycles. The first kappa shape index (κ1) is 13.5. The summed E-state index contributed by atoms with van der Waals surface area (Å²) < 4.78 is 5.45. The van der Waals surface area contributed by atoms with Crippen molar-refractivity contribution in [2.75, 3.05) is 0 Å². The van der Waals surface area contributed by atoms with E-state index in [-0.39, 0.29) is 6.04 Å². The highest BCUT2D eigenvalue weighted by atomic mass is 16.5. The van der Waals surface area contributed by atoms with Crippen molar-refractivity contribution >= 4 is 5.97 Å². The molecule has 0 saturated heterocycles. The molecule has 0 fully saturated rings. The van der Waals surface area contributed by atoms with Crippen molar-refractivity contribution in [3.05, 3.63) is 29.3 Å². The first-order valence-electron chi connectivity index (χ1n) is 5.71. The van der Waals surface area contributed by atoms with E-state index >= 15 is 0 Å². The second-order valence-corrected chi connectivity index (χ2v) is 4.17. The molecule has 0 heterocycles. The van der Waals surface area contributed by atoms with E-state index in [1.165, 1.54) is 0 Å². The Morgan fingerprint density at radius 3 is 2.59 bits per heavy atom. The third-order valence-corrected chi connectivity index (χ3v) is 2.64. The Bertz CT molecular complexity index is 402. The van der Waals surface area contributed by atoms with Gasteiger partial charge in [0.15, 0.2) is 6.10 Å². The van der Waals surface area contributed by atoms with Gasteiger partial charge in [0, 0.05) is 6.04 Å². The standard InChI is InChI=1S/C13H19NO3/c1-4-11(13(15)16)17-12-6-5-10(9(3)14)7-8(12)2/h5-7,9,11H,4,14H2,1-3H3,(H,15,16)/t9-,11?/m0/s1. The summed E-state index contributed by atoms with van der Waals surface area (Å²) in [5, 5.41) is 8.92. The smallest absolute Gasteiger partial charge is 0.344 e. The highest BCUT2D eigenvalue weighted by molar-refractivity contribution is 5.72. The van der Waals surface area contributed by atoms with Crippen LogP contribution in [0.1, 0.15) is 37.4 Å². The third-order valence-electron chi connectivity index (χ3n) is 2.64. The Morgan fingerprint density at radius 1 is 1.53 bits per heavy atom. The molecule has 0 spiro atoms. The first-order valence-corrected chi connectivity index (χ1v) is 5.71. The van der Waals surface area contributed by atoms with Crippen molar-refractivity contribution < 1.29 is 14.6 Å². The van der Waals surface area contributed by atoms with Gasteiger partial charge in [-0.2, -0.15) is 0 Å². The average Bonchev–Trinajstić information content (AvgIpc) is 2.26. The van der Waals surface area contributed by atoms with E-state index in [1.54, 1.807) is 13.0 Å². The summed E-state index contributed by atoms with van der Waals surface area (Å²) in [4.78, 5) is 10.9. The molecule has 0 saturated carbocycles. The number of nitrogens with two attached hydrogens (primary N) is 1. The van der Waals surface area contributed by atoms with Crippen LogP contribution in [0.5, 0.6) is 5.75 Å². The monoisotopic (exact) mass is 237 g/mol. The molecule has 4 heteroatoms. The zero-order chi connectivity index (χ0) is 13.0. The maximum Gasteiger partial charge on any atom is 0.344 e. The second kappa shape index (κ2) is 5.68. The van der Waals surface area contributed by atoms with E-state index < -0.39 is 12.1 Å². The molecule has 3 N–H and O–H groups in total. The predicted molar refractivity (Wildman–Crippen MR) is 66.1 cm³/mol. The summed E-state index contributed by atoms with van der Waals surface area (Å²) in [6.07, 6.45) is -0.362. The Hall–Kier alpha value is -1.55. The molecular formula is C13H19NO3. The van der Waals surface area contributed by atoms with Gasteiger partial charge in [-0.1, -0.05) is 19.1 Å². The Morgan fingerprint density at radius 2 is 2.18 bits per heavy atom. The van der Waals surface area contributed by atoms with Crippen LogP contribution in [-0.4, -0.2) is 17.2 Å². The number of ether oxygens (including phenoxy) is 1. The number of aryl methyl sites for hydroxylation is 1. The van der Waals surface area contributed by atoms with E-state index in [0.717, 1.165) is 11.1 Å². The van der Waals surface area contributed by atoms with Crippen molar-refractivity contribution in [3.63, 3.8) is 0 Å². The summed E-state index contributed by atoms with van der Waals surface area (Å²) in [7, 11) is 0. The van der Waals surface area contributed by atoms with Crippen LogP contribution in [0.4, 0.5) is 0 Å². The molecule has 1 aromatic rings. The maximum atomic E-state index is 10.9. The summed E-state index contributed by atoms with van der Waals surface area (Å²) in [5.74, 6) is -0.341. The van der Waals surface area contributed by atoms with E-state index in [9.17, 15) is 4.79 Å². The molecule has 0 aromatic heterocycles. The van der Waals surface area contributed by atoms with Gasteiger partial charge in [-0.15, -0.1) is 0 Å². The molecule has 0 amide bonds. The maximum absolute atomic E-state index is 10.9. The summed E-state index contributed by atoms with van der Waals surface area (Å²) >= 11 is 0. The van der Waals surface area contributed by atoms with Crippen LogP contribution < -0.4 is 10.5 Å². The number of benzene rings is 1. The molecule has 0 aliphatic heterocycles. The number of carbonyl (C=O) groups is 1.